The molecule has 0 unspecified atom stereocenters. The SMILES string of the molecule is O=S(=O)(c1cccs1)N1CCN(CCCc2cnc3ccccc3c2)CC1. The molecule has 1 fully saturated rings. The summed E-state index contributed by atoms with van der Waals surface area (Å²) < 4.78 is 27.2. The summed E-state index contributed by atoms with van der Waals surface area (Å²) in [6.45, 7) is 3.70. The van der Waals surface area contributed by atoms with E-state index in [2.05, 4.69) is 22.0 Å². The van der Waals surface area contributed by atoms with Crippen LogP contribution in [0.5, 0.6) is 0 Å². The van der Waals surface area contributed by atoms with Crippen LogP contribution in [0.4, 0.5) is 0 Å². The number of hydrogen-bond acceptors (Lipinski definition) is 5. The van der Waals surface area contributed by atoms with Crippen LogP contribution >= 0.6 is 11.3 Å². The number of pyridine rings is 1. The topological polar surface area (TPSA) is 53.5 Å². The summed E-state index contributed by atoms with van der Waals surface area (Å²) >= 11 is 1.29. The van der Waals surface area contributed by atoms with E-state index in [1.165, 1.54) is 22.3 Å². The maximum Gasteiger partial charge on any atom is 0.252 e. The Labute approximate surface area is 164 Å². The summed E-state index contributed by atoms with van der Waals surface area (Å²) in [5, 5.41) is 2.99. The summed E-state index contributed by atoms with van der Waals surface area (Å²) in [6, 6.07) is 13.9. The molecule has 1 saturated heterocycles. The molecule has 0 radical (unpaired) electrons. The van der Waals surface area contributed by atoms with E-state index >= 15 is 0 Å². The number of nitrogens with zero attached hydrogens (tertiary/aromatic N) is 3. The van der Waals surface area contributed by atoms with Crippen molar-refractivity contribution in [2.45, 2.75) is 17.1 Å². The Hall–Kier alpha value is -1.80. The smallest absolute Gasteiger partial charge is 0.252 e. The van der Waals surface area contributed by atoms with Crippen LogP contribution in [0.2, 0.25) is 0 Å². The normalized spacial score (nSPS) is 16.7. The molecule has 1 aromatic carbocycles. The number of sulfonamides is 1. The highest BCUT2D eigenvalue weighted by molar-refractivity contribution is 7.91. The van der Waals surface area contributed by atoms with Crippen molar-refractivity contribution in [2.24, 2.45) is 0 Å². The monoisotopic (exact) mass is 401 g/mol. The maximum atomic E-state index is 12.6. The second-order valence-electron chi connectivity index (χ2n) is 6.82. The van der Waals surface area contributed by atoms with Gasteiger partial charge in [0.05, 0.1) is 5.52 Å². The fourth-order valence-corrected chi connectivity index (χ4v) is 6.06. The molecular weight excluding hydrogens is 378 g/mol. The Balaban J connectivity index is 1.27. The molecule has 142 valence electrons. The largest absolute Gasteiger partial charge is 0.301 e. The number of thiophene rings is 1. The van der Waals surface area contributed by atoms with Gasteiger partial charge in [-0.2, -0.15) is 4.31 Å². The molecule has 27 heavy (non-hydrogen) atoms. The number of aromatic nitrogens is 1. The second-order valence-corrected chi connectivity index (χ2v) is 9.93. The van der Waals surface area contributed by atoms with Crippen molar-refractivity contribution in [1.29, 1.82) is 0 Å². The molecule has 0 atom stereocenters. The zero-order valence-electron chi connectivity index (χ0n) is 15.1. The highest BCUT2D eigenvalue weighted by atomic mass is 32.2. The van der Waals surface area contributed by atoms with Crippen molar-refractivity contribution in [3.05, 3.63) is 59.6 Å². The van der Waals surface area contributed by atoms with Crippen LogP contribution in [-0.2, 0) is 16.4 Å². The molecule has 1 aliphatic heterocycles. The van der Waals surface area contributed by atoms with Gasteiger partial charge in [0.25, 0.3) is 10.0 Å². The number of para-hydroxylation sites is 1. The molecule has 3 heterocycles. The summed E-state index contributed by atoms with van der Waals surface area (Å²) in [5.74, 6) is 0. The van der Waals surface area contributed by atoms with Gasteiger partial charge in [0.1, 0.15) is 4.21 Å². The lowest BCUT2D eigenvalue weighted by Gasteiger charge is -2.33. The Kier molecular flexibility index (Phi) is 5.54. The quantitative estimate of drug-likeness (QED) is 0.636. The summed E-state index contributed by atoms with van der Waals surface area (Å²) in [4.78, 5) is 6.88. The van der Waals surface area contributed by atoms with Gasteiger partial charge in [0.15, 0.2) is 0 Å². The van der Waals surface area contributed by atoms with E-state index < -0.39 is 10.0 Å². The molecule has 1 aliphatic rings. The fourth-order valence-electron chi connectivity index (χ4n) is 3.49. The second kappa shape index (κ2) is 8.06. The number of fused-ring (bicyclic) bond motifs is 1. The third-order valence-electron chi connectivity index (χ3n) is 5.01. The first-order chi connectivity index (χ1) is 13.1. The molecular formula is C20H23N3O2S2. The number of piperazine rings is 1. The van der Waals surface area contributed by atoms with Gasteiger partial charge in [0.2, 0.25) is 0 Å². The molecule has 5 nitrogen and oxygen atoms in total. The molecule has 0 aliphatic carbocycles. The number of benzene rings is 1. The Morgan fingerprint density at radius 3 is 2.63 bits per heavy atom. The summed E-state index contributed by atoms with van der Waals surface area (Å²) in [7, 11) is -3.31. The molecule has 3 aromatic rings. The van der Waals surface area contributed by atoms with Crippen LogP contribution in [0.15, 0.2) is 58.3 Å². The van der Waals surface area contributed by atoms with Crippen molar-refractivity contribution < 1.29 is 8.42 Å². The van der Waals surface area contributed by atoms with Crippen molar-refractivity contribution in [3.8, 4) is 0 Å². The van der Waals surface area contributed by atoms with Crippen molar-refractivity contribution in [2.75, 3.05) is 32.7 Å². The lowest BCUT2D eigenvalue weighted by molar-refractivity contribution is 0.187. The molecule has 2 aromatic heterocycles. The van der Waals surface area contributed by atoms with E-state index in [1.807, 2.05) is 29.8 Å². The Bertz CT molecular complexity index is 995. The van der Waals surface area contributed by atoms with Crippen LogP contribution in [-0.4, -0.2) is 55.3 Å². The van der Waals surface area contributed by atoms with Crippen molar-refractivity contribution in [3.63, 3.8) is 0 Å². The Morgan fingerprint density at radius 2 is 1.85 bits per heavy atom. The lowest BCUT2D eigenvalue weighted by Crippen LogP contribution is -2.48. The minimum absolute atomic E-state index is 0.444. The molecule has 0 bridgehead atoms. The predicted molar refractivity (Wildman–Crippen MR) is 110 cm³/mol. The van der Waals surface area contributed by atoms with E-state index in [9.17, 15) is 8.42 Å². The van der Waals surface area contributed by atoms with E-state index in [0.29, 0.717) is 17.3 Å². The van der Waals surface area contributed by atoms with Gasteiger partial charge in [-0.1, -0.05) is 24.3 Å². The zero-order chi connectivity index (χ0) is 18.7. The summed E-state index contributed by atoms with van der Waals surface area (Å²) in [5.41, 5.74) is 2.29. The van der Waals surface area contributed by atoms with Gasteiger partial charge < -0.3 is 4.90 Å². The van der Waals surface area contributed by atoms with Gasteiger partial charge in [-0.05, 0) is 48.5 Å². The van der Waals surface area contributed by atoms with Gasteiger partial charge in [-0.3, -0.25) is 4.98 Å². The van der Waals surface area contributed by atoms with Gasteiger partial charge >= 0.3 is 0 Å². The van der Waals surface area contributed by atoms with E-state index in [1.54, 1.807) is 16.4 Å². The van der Waals surface area contributed by atoms with Crippen LogP contribution < -0.4 is 0 Å². The average molecular weight is 402 g/mol. The van der Waals surface area contributed by atoms with E-state index in [-0.39, 0.29) is 0 Å². The number of hydrogen-bond donors (Lipinski definition) is 0. The minimum Gasteiger partial charge on any atom is -0.301 e. The lowest BCUT2D eigenvalue weighted by atomic mass is 10.1. The molecule has 7 heteroatoms. The van der Waals surface area contributed by atoms with E-state index in [4.69, 9.17) is 0 Å². The third kappa shape index (κ3) is 4.21. The fraction of sp³-hybridized carbons (Fsp3) is 0.350. The van der Waals surface area contributed by atoms with E-state index in [0.717, 1.165) is 38.0 Å². The van der Waals surface area contributed by atoms with Gasteiger partial charge in [0, 0.05) is 37.8 Å². The van der Waals surface area contributed by atoms with Crippen molar-refractivity contribution in [1.82, 2.24) is 14.2 Å². The molecule has 0 spiro atoms. The molecule has 4 rings (SSSR count). The highest BCUT2D eigenvalue weighted by Crippen LogP contribution is 2.22. The van der Waals surface area contributed by atoms with Crippen molar-refractivity contribution >= 4 is 32.3 Å². The standard InChI is InChI=1S/C20H23N3O2S2/c24-27(25,20-8-4-14-26-20)23-12-10-22(11-13-23)9-3-5-17-15-18-6-1-2-7-19(18)21-16-17/h1-2,4,6-8,14-16H,3,5,9-13H2. The molecule has 0 amide bonds. The first-order valence-corrected chi connectivity index (χ1v) is 11.5. The van der Waals surface area contributed by atoms with Crippen LogP contribution in [0.1, 0.15) is 12.0 Å². The van der Waals surface area contributed by atoms with Gasteiger partial charge in [-0.25, -0.2) is 8.42 Å². The summed E-state index contributed by atoms with van der Waals surface area (Å²) in [6.07, 6.45) is 4.01. The molecule has 0 saturated carbocycles. The zero-order valence-corrected chi connectivity index (χ0v) is 16.8. The average Bonchev–Trinajstić information content (AvgIpc) is 3.24. The van der Waals surface area contributed by atoms with Gasteiger partial charge in [-0.15, -0.1) is 11.3 Å². The highest BCUT2D eigenvalue weighted by Gasteiger charge is 2.28. The first kappa shape index (κ1) is 18.6. The van der Waals surface area contributed by atoms with Crippen LogP contribution in [0.25, 0.3) is 10.9 Å². The Morgan fingerprint density at radius 1 is 1.04 bits per heavy atom. The molecule has 0 N–H and O–H groups in total. The predicted octanol–water partition coefficient (Wildman–Crippen LogP) is 3.24. The van der Waals surface area contributed by atoms with Crippen LogP contribution in [0, 0.1) is 0 Å². The number of aryl methyl sites for hydroxylation is 1. The maximum absolute atomic E-state index is 12.6. The first-order valence-electron chi connectivity index (χ1n) is 9.23. The number of rotatable bonds is 6. The van der Waals surface area contributed by atoms with Crippen LogP contribution in [0.3, 0.4) is 0 Å². The minimum atomic E-state index is -3.31. The third-order valence-corrected chi connectivity index (χ3v) is 8.28.